The number of aromatic nitrogens is 2. The standard InChI is InChI=1S/C27H27N3O4/c1-3-33-21-14-12-20(13-15-21)30-25(28-24-9-5-4-8-23(24)27(30)32)18(2)29(26(31)19-10-11-19)17-22-7-6-16-34-22/h4-9,12-16,18-19H,3,10-11,17H2,1-2H3. The summed E-state index contributed by atoms with van der Waals surface area (Å²) in [6, 6.07) is 17.9. The van der Waals surface area contributed by atoms with Gasteiger partial charge in [0.05, 0.1) is 42.0 Å². The van der Waals surface area contributed by atoms with Gasteiger partial charge in [-0.3, -0.25) is 14.2 Å². The summed E-state index contributed by atoms with van der Waals surface area (Å²) in [7, 11) is 0. The Morgan fingerprint density at radius 3 is 2.59 bits per heavy atom. The van der Waals surface area contributed by atoms with Crippen LogP contribution in [0.15, 0.2) is 76.1 Å². The molecular weight excluding hydrogens is 430 g/mol. The maximum absolute atomic E-state index is 13.7. The summed E-state index contributed by atoms with van der Waals surface area (Å²) in [5.74, 6) is 2.00. The highest BCUT2D eigenvalue weighted by molar-refractivity contribution is 5.82. The van der Waals surface area contributed by atoms with Crippen molar-refractivity contribution in [2.75, 3.05) is 6.61 Å². The normalized spacial score (nSPS) is 14.2. The molecule has 1 atom stereocenters. The molecule has 1 aliphatic carbocycles. The van der Waals surface area contributed by atoms with Crippen LogP contribution in [0.25, 0.3) is 16.6 Å². The first-order valence-electron chi connectivity index (χ1n) is 11.6. The predicted octanol–water partition coefficient (Wildman–Crippen LogP) is 4.88. The summed E-state index contributed by atoms with van der Waals surface area (Å²) < 4.78 is 12.7. The van der Waals surface area contributed by atoms with Crippen LogP contribution in [0, 0.1) is 5.92 Å². The van der Waals surface area contributed by atoms with E-state index < -0.39 is 6.04 Å². The van der Waals surface area contributed by atoms with Crippen molar-refractivity contribution in [2.45, 2.75) is 39.3 Å². The lowest BCUT2D eigenvalue weighted by Gasteiger charge is -2.30. The lowest BCUT2D eigenvalue weighted by molar-refractivity contribution is -0.136. The predicted molar refractivity (Wildman–Crippen MR) is 129 cm³/mol. The largest absolute Gasteiger partial charge is 0.494 e. The number of ether oxygens (including phenoxy) is 1. The monoisotopic (exact) mass is 457 g/mol. The molecule has 0 N–H and O–H groups in total. The van der Waals surface area contributed by atoms with E-state index in [0.29, 0.717) is 41.3 Å². The minimum atomic E-state index is -0.456. The molecule has 2 aromatic carbocycles. The Bertz CT molecular complexity index is 1360. The van der Waals surface area contributed by atoms with Gasteiger partial charge in [-0.15, -0.1) is 0 Å². The lowest BCUT2D eigenvalue weighted by atomic mass is 10.1. The molecule has 34 heavy (non-hydrogen) atoms. The number of carbonyl (C=O) groups excluding carboxylic acids is 1. The number of nitrogens with zero attached hydrogens (tertiary/aromatic N) is 3. The van der Waals surface area contributed by atoms with Gasteiger partial charge in [0.2, 0.25) is 5.91 Å². The van der Waals surface area contributed by atoms with E-state index in [-0.39, 0.29) is 17.4 Å². The Balaban J connectivity index is 1.65. The van der Waals surface area contributed by atoms with Gasteiger partial charge in [-0.2, -0.15) is 0 Å². The molecule has 2 heterocycles. The second-order valence-electron chi connectivity index (χ2n) is 8.55. The highest BCUT2D eigenvalue weighted by atomic mass is 16.5. The van der Waals surface area contributed by atoms with Crippen LogP contribution in [-0.4, -0.2) is 27.0 Å². The molecule has 0 radical (unpaired) electrons. The van der Waals surface area contributed by atoms with E-state index in [1.165, 1.54) is 0 Å². The fraction of sp³-hybridized carbons (Fsp3) is 0.296. The van der Waals surface area contributed by atoms with Crippen molar-refractivity contribution in [1.82, 2.24) is 14.5 Å². The van der Waals surface area contributed by atoms with Gasteiger partial charge in [-0.25, -0.2) is 4.98 Å². The Labute approximate surface area is 197 Å². The minimum Gasteiger partial charge on any atom is -0.494 e. The van der Waals surface area contributed by atoms with Gasteiger partial charge >= 0.3 is 0 Å². The van der Waals surface area contributed by atoms with Gasteiger partial charge < -0.3 is 14.1 Å². The molecule has 0 spiro atoms. The fourth-order valence-corrected chi connectivity index (χ4v) is 4.22. The number of fused-ring (bicyclic) bond motifs is 1. The van der Waals surface area contributed by atoms with E-state index in [1.54, 1.807) is 21.8 Å². The topological polar surface area (TPSA) is 77.6 Å². The van der Waals surface area contributed by atoms with Crippen LogP contribution in [-0.2, 0) is 11.3 Å². The Hall–Kier alpha value is -3.87. The molecule has 1 unspecified atom stereocenters. The summed E-state index contributed by atoms with van der Waals surface area (Å²) >= 11 is 0. The van der Waals surface area contributed by atoms with E-state index in [9.17, 15) is 9.59 Å². The van der Waals surface area contributed by atoms with Crippen LogP contribution < -0.4 is 10.3 Å². The summed E-state index contributed by atoms with van der Waals surface area (Å²) in [5.41, 5.74) is 1.10. The van der Waals surface area contributed by atoms with Crippen molar-refractivity contribution in [1.29, 1.82) is 0 Å². The zero-order chi connectivity index (χ0) is 23.7. The molecule has 4 aromatic rings. The first-order chi connectivity index (χ1) is 16.6. The number of amides is 1. The number of carbonyl (C=O) groups is 1. The summed E-state index contributed by atoms with van der Waals surface area (Å²) in [4.78, 5) is 33.7. The van der Waals surface area contributed by atoms with Gasteiger partial charge in [0.15, 0.2) is 0 Å². The van der Waals surface area contributed by atoms with Crippen molar-refractivity contribution in [3.63, 3.8) is 0 Å². The highest BCUT2D eigenvalue weighted by Crippen LogP contribution is 2.35. The van der Waals surface area contributed by atoms with Gasteiger partial charge in [0.1, 0.15) is 17.3 Å². The van der Waals surface area contributed by atoms with E-state index in [4.69, 9.17) is 14.1 Å². The third kappa shape index (κ3) is 4.21. The number of para-hydroxylation sites is 1. The SMILES string of the molecule is CCOc1ccc(-n2c(C(C)N(Cc3ccco3)C(=O)C3CC3)nc3ccccc3c2=O)cc1. The third-order valence-electron chi connectivity index (χ3n) is 6.16. The van der Waals surface area contributed by atoms with Crippen LogP contribution in [0.5, 0.6) is 5.75 Å². The molecule has 2 aromatic heterocycles. The van der Waals surface area contributed by atoms with Gasteiger partial charge in [0, 0.05) is 5.92 Å². The van der Waals surface area contributed by atoms with E-state index >= 15 is 0 Å². The summed E-state index contributed by atoms with van der Waals surface area (Å²) in [6.07, 6.45) is 3.37. The average molecular weight is 458 g/mol. The number of hydrogen-bond acceptors (Lipinski definition) is 5. The second-order valence-corrected chi connectivity index (χ2v) is 8.55. The third-order valence-corrected chi connectivity index (χ3v) is 6.16. The minimum absolute atomic E-state index is 0.0171. The van der Waals surface area contributed by atoms with Crippen molar-refractivity contribution in [2.24, 2.45) is 5.92 Å². The van der Waals surface area contributed by atoms with Crippen molar-refractivity contribution < 1.29 is 13.9 Å². The van der Waals surface area contributed by atoms with Crippen LogP contribution in [0.1, 0.15) is 44.3 Å². The van der Waals surface area contributed by atoms with Crippen LogP contribution in [0.2, 0.25) is 0 Å². The van der Waals surface area contributed by atoms with Crippen molar-refractivity contribution >= 4 is 16.8 Å². The van der Waals surface area contributed by atoms with Gasteiger partial charge in [0.25, 0.3) is 5.56 Å². The maximum atomic E-state index is 13.7. The van der Waals surface area contributed by atoms with E-state index in [1.807, 2.05) is 68.4 Å². The quantitative estimate of drug-likeness (QED) is 0.377. The zero-order valence-electron chi connectivity index (χ0n) is 19.3. The zero-order valence-corrected chi connectivity index (χ0v) is 19.3. The maximum Gasteiger partial charge on any atom is 0.266 e. The molecule has 1 fully saturated rings. The highest BCUT2D eigenvalue weighted by Gasteiger charge is 2.37. The number of hydrogen-bond donors (Lipinski definition) is 0. The van der Waals surface area contributed by atoms with Gasteiger partial charge in [-0.1, -0.05) is 12.1 Å². The summed E-state index contributed by atoms with van der Waals surface area (Å²) in [6.45, 7) is 4.72. The number of rotatable bonds is 8. The molecule has 1 aliphatic rings. The first kappa shape index (κ1) is 21.9. The smallest absolute Gasteiger partial charge is 0.266 e. The van der Waals surface area contributed by atoms with Crippen LogP contribution in [0.3, 0.4) is 0 Å². The summed E-state index contributed by atoms with van der Waals surface area (Å²) in [5, 5.41) is 0.526. The Morgan fingerprint density at radius 2 is 1.91 bits per heavy atom. The second kappa shape index (κ2) is 9.17. The average Bonchev–Trinajstić information content (AvgIpc) is 3.58. The molecule has 174 valence electrons. The van der Waals surface area contributed by atoms with Gasteiger partial charge in [-0.05, 0) is 75.2 Å². The van der Waals surface area contributed by atoms with Crippen molar-refractivity contribution in [3.8, 4) is 11.4 Å². The number of benzene rings is 2. The molecule has 1 amide bonds. The molecular formula is C27H27N3O4. The van der Waals surface area contributed by atoms with E-state index in [2.05, 4.69) is 0 Å². The van der Waals surface area contributed by atoms with E-state index in [0.717, 1.165) is 18.6 Å². The molecule has 0 aliphatic heterocycles. The Kier molecular flexibility index (Phi) is 5.92. The molecule has 1 saturated carbocycles. The Morgan fingerprint density at radius 1 is 1.15 bits per heavy atom. The fourth-order valence-electron chi connectivity index (χ4n) is 4.22. The van der Waals surface area contributed by atoms with Crippen molar-refractivity contribution in [3.05, 3.63) is 88.9 Å². The molecule has 0 bridgehead atoms. The first-order valence-corrected chi connectivity index (χ1v) is 11.6. The number of furan rings is 1. The van der Waals surface area contributed by atoms with Crippen LogP contribution >= 0.6 is 0 Å². The molecule has 7 heteroatoms. The molecule has 0 saturated heterocycles. The molecule has 7 nitrogen and oxygen atoms in total. The lowest BCUT2D eigenvalue weighted by Crippen LogP contribution is -2.37. The van der Waals surface area contributed by atoms with Crippen LogP contribution in [0.4, 0.5) is 0 Å². The molecule has 5 rings (SSSR count).